The molecule has 3 rings (SSSR count). The molecule has 3 aromatic rings. The number of nitrogen functional groups attached to an aromatic ring is 1. The van der Waals surface area contributed by atoms with E-state index in [1.807, 2.05) is 24.3 Å². The number of hydrogen-bond donors (Lipinski definition) is 2. The molecule has 5 heteroatoms. The standard InChI is InChI=1S/C13H10ClN3O/c14-8-4-3-7-11(12(8)18)17-10-6-2-1-5-9(10)16-13(17)15/h1-7,18H,(H2,15,16). The molecule has 1 heterocycles. The summed E-state index contributed by atoms with van der Waals surface area (Å²) in [6.45, 7) is 0. The topological polar surface area (TPSA) is 64.1 Å². The SMILES string of the molecule is Nc1nc2ccccc2n1-c1cccc(Cl)c1O. The summed E-state index contributed by atoms with van der Waals surface area (Å²) in [6.07, 6.45) is 0. The molecule has 2 aromatic carbocycles. The highest BCUT2D eigenvalue weighted by atomic mass is 35.5. The number of imidazole rings is 1. The molecule has 0 unspecified atom stereocenters. The molecular weight excluding hydrogens is 250 g/mol. The number of aromatic hydroxyl groups is 1. The summed E-state index contributed by atoms with van der Waals surface area (Å²) in [5, 5.41) is 10.3. The summed E-state index contributed by atoms with van der Waals surface area (Å²) in [5.41, 5.74) is 8.02. The van der Waals surface area contributed by atoms with Crippen LogP contribution in [0.5, 0.6) is 5.75 Å². The van der Waals surface area contributed by atoms with E-state index in [2.05, 4.69) is 4.98 Å². The molecule has 0 saturated heterocycles. The molecule has 90 valence electrons. The van der Waals surface area contributed by atoms with Crippen LogP contribution in [0.1, 0.15) is 0 Å². The first-order chi connectivity index (χ1) is 8.68. The van der Waals surface area contributed by atoms with Gasteiger partial charge in [0, 0.05) is 0 Å². The quantitative estimate of drug-likeness (QED) is 0.706. The predicted octanol–water partition coefficient (Wildman–Crippen LogP) is 2.97. The van der Waals surface area contributed by atoms with Gasteiger partial charge in [-0.2, -0.15) is 0 Å². The third kappa shape index (κ3) is 1.50. The fourth-order valence-electron chi connectivity index (χ4n) is 1.98. The molecule has 0 saturated carbocycles. The first-order valence-electron chi connectivity index (χ1n) is 5.39. The van der Waals surface area contributed by atoms with Crippen molar-refractivity contribution >= 4 is 28.6 Å². The van der Waals surface area contributed by atoms with Gasteiger partial charge in [0.1, 0.15) is 0 Å². The van der Waals surface area contributed by atoms with E-state index in [0.29, 0.717) is 11.6 Å². The van der Waals surface area contributed by atoms with Crippen LogP contribution in [-0.4, -0.2) is 14.7 Å². The fraction of sp³-hybridized carbons (Fsp3) is 0. The van der Waals surface area contributed by atoms with Crippen LogP contribution in [0.4, 0.5) is 5.95 Å². The maximum absolute atomic E-state index is 10.0. The molecule has 0 spiro atoms. The Balaban J connectivity index is 2.38. The second kappa shape index (κ2) is 3.92. The van der Waals surface area contributed by atoms with Gasteiger partial charge in [0.05, 0.1) is 21.7 Å². The molecular formula is C13H10ClN3O. The molecule has 1 aromatic heterocycles. The van der Waals surface area contributed by atoms with E-state index in [1.54, 1.807) is 22.8 Å². The van der Waals surface area contributed by atoms with E-state index in [-0.39, 0.29) is 10.8 Å². The highest BCUT2D eigenvalue weighted by molar-refractivity contribution is 6.32. The van der Waals surface area contributed by atoms with Crippen molar-refractivity contribution in [2.45, 2.75) is 0 Å². The number of fused-ring (bicyclic) bond motifs is 1. The highest BCUT2D eigenvalue weighted by Crippen LogP contribution is 2.33. The monoisotopic (exact) mass is 259 g/mol. The normalized spacial score (nSPS) is 10.9. The van der Waals surface area contributed by atoms with Crippen LogP contribution in [0, 0.1) is 0 Å². The van der Waals surface area contributed by atoms with Crippen LogP contribution in [0.3, 0.4) is 0 Å². The average Bonchev–Trinajstić information content (AvgIpc) is 2.69. The number of rotatable bonds is 1. The van der Waals surface area contributed by atoms with E-state index in [1.165, 1.54) is 0 Å². The minimum absolute atomic E-state index is 0.00554. The number of halogens is 1. The number of benzene rings is 2. The van der Waals surface area contributed by atoms with Gasteiger partial charge in [0.2, 0.25) is 5.95 Å². The zero-order valence-corrected chi connectivity index (χ0v) is 10.1. The number of phenols is 1. The van der Waals surface area contributed by atoms with E-state index < -0.39 is 0 Å². The van der Waals surface area contributed by atoms with Crippen molar-refractivity contribution in [1.29, 1.82) is 0 Å². The molecule has 0 aliphatic heterocycles. The largest absolute Gasteiger partial charge is 0.504 e. The summed E-state index contributed by atoms with van der Waals surface area (Å²) in [4.78, 5) is 4.25. The molecule has 4 nitrogen and oxygen atoms in total. The van der Waals surface area contributed by atoms with Gasteiger partial charge in [-0.1, -0.05) is 29.8 Å². The number of para-hydroxylation sites is 3. The third-order valence-corrected chi connectivity index (χ3v) is 3.10. The van der Waals surface area contributed by atoms with Crippen LogP contribution in [0.15, 0.2) is 42.5 Å². The molecule has 0 atom stereocenters. The van der Waals surface area contributed by atoms with Crippen LogP contribution in [-0.2, 0) is 0 Å². The Morgan fingerprint density at radius 1 is 1.11 bits per heavy atom. The van der Waals surface area contributed by atoms with Crippen molar-refractivity contribution in [3.05, 3.63) is 47.5 Å². The fourth-order valence-corrected chi connectivity index (χ4v) is 2.15. The number of anilines is 1. The zero-order chi connectivity index (χ0) is 12.7. The first-order valence-corrected chi connectivity index (χ1v) is 5.77. The zero-order valence-electron chi connectivity index (χ0n) is 9.34. The summed E-state index contributed by atoms with van der Waals surface area (Å²) in [6, 6.07) is 12.6. The summed E-state index contributed by atoms with van der Waals surface area (Å²) in [7, 11) is 0. The minimum atomic E-state index is -0.00554. The van der Waals surface area contributed by atoms with Crippen LogP contribution in [0.25, 0.3) is 16.7 Å². The van der Waals surface area contributed by atoms with Crippen molar-refractivity contribution in [3.63, 3.8) is 0 Å². The average molecular weight is 260 g/mol. The molecule has 0 bridgehead atoms. The van der Waals surface area contributed by atoms with Gasteiger partial charge in [0.15, 0.2) is 5.75 Å². The molecule has 0 aliphatic carbocycles. The Hall–Kier alpha value is -2.20. The summed E-state index contributed by atoms with van der Waals surface area (Å²) < 4.78 is 1.68. The lowest BCUT2D eigenvalue weighted by Crippen LogP contribution is -2.00. The van der Waals surface area contributed by atoms with Gasteiger partial charge >= 0.3 is 0 Å². The second-order valence-corrected chi connectivity index (χ2v) is 4.31. The van der Waals surface area contributed by atoms with Gasteiger partial charge in [-0.3, -0.25) is 4.57 Å². The van der Waals surface area contributed by atoms with E-state index in [0.717, 1.165) is 11.0 Å². The smallest absolute Gasteiger partial charge is 0.206 e. The number of phenolic OH excluding ortho intramolecular Hbond substituents is 1. The molecule has 0 amide bonds. The van der Waals surface area contributed by atoms with Crippen molar-refractivity contribution < 1.29 is 5.11 Å². The summed E-state index contributed by atoms with van der Waals surface area (Å²) in [5.74, 6) is 0.308. The lowest BCUT2D eigenvalue weighted by molar-refractivity contribution is 0.473. The molecule has 18 heavy (non-hydrogen) atoms. The van der Waals surface area contributed by atoms with Gasteiger partial charge in [0.25, 0.3) is 0 Å². The Bertz CT molecular complexity index is 736. The summed E-state index contributed by atoms with van der Waals surface area (Å²) >= 11 is 5.91. The van der Waals surface area contributed by atoms with Crippen LogP contribution < -0.4 is 5.73 Å². The van der Waals surface area contributed by atoms with Crippen molar-refractivity contribution in [1.82, 2.24) is 9.55 Å². The Kier molecular flexibility index (Phi) is 2.38. The predicted molar refractivity (Wildman–Crippen MR) is 72.2 cm³/mol. The lowest BCUT2D eigenvalue weighted by atomic mass is 10.2. The Labute approximate surface area is 108 Å². The molecule has 0 fully saturated rings. The lowest BCUT2D eigenvalue weighted by Gasteiger charge is -2.09. The Morgan fingerprint density at radius 2 is 1.89 bits per heavy atom. The van der Waals surface area contributed by atoms with Crippen molar-refractivity contribution in [3.8, 4) is 11.4 Å². The second-order valence-electron chi connectivity index (χ2n) is 3.90. The number of nitrogens with two attached hydrogens (primary N) is 1. The van der Waals surface area contributed by atoms with E-state index in [9.17, 15) is 5.11 Å². The maximum Gasteiger partial charge on any atom is 0.206 e. The Morgan fingerprint density at radius 3 is 2.72 bits per heavy atom. The van der Waals surface area contributed by atoms with Crippen LogP contribution in [0.2, 0.25) is 5.02 Å². The molecule has 0 radical (unpaired) electrons. The van der Waals surface area contributed by atoms with Gasteiger partial charge < -0.3 is 10.8 Å². The van der Waals surface area contributed by atoms with E-state index in [4.69, 9.17) is 17.3 Å². The number of nitrogens with zero attached hydrogens (tertiary/aromatic N) is 2. The molecule has 0 aliphatic rings. The van der Waals surface area contributed by atoms with Crippen molar-refractivity contribution in [2.24, 2.45) is 0 Å². The van der Waals surface area contributed by atoms with Crippen molar-refractivity contribution in [2.75, 3.05) is 5.73 Å². The number of aromatic nitrogens is 2. The maximum atomic E-state index is 10.0. The number of hydrogen-bond acceptors (Lipinski definition) is 3. The van der Waals surface area contributed by atoms with E-state index >= 15 is 0 Å². The first kappa shape index (κ1) is 10.9. The van der Waals surface area contributed by atoms with Gasteiger partial charge in [-0.05, 0) is 24.3 Å². The minimum Gasteiger partial charge on any atom is -0.504 e. The van der Waals surface area contributed by atoms with Crippen LogP contribution >= 0.6 is 11.6 Å². The third-order valence-electron chi connectivity index (χ3n) is 2.79. The van der Waals surface area contributed by atoms with Gasteiger partial charge in [-0.25, -0.2) is 4.98 Å². The highest BCUT2D eigenvalue weighted by Gasteiger charge is 2.13. The molecule has 3 N–H and O–H groups in total. The van der Waals surface area contributed by atoms with Gasteiger partial charge in [-0.15, -0.1) is 0 Å².